The predicted molar refractivity (Wildman–Crippen MR) is 86.9 cm³/mol. The molecule has 23 heavy (non-hydrogen) atoms. The van der Waals surface area contributed by atoms with Gasteiger partial charge >= 0.3 is 0 Å². The number of hydrogen-bond donors (Lipinski definition) is 1. The van der Waals surface area contributed by atoms with E-state index in [1.54, 1.807) is 24.3 Å². The smallest absolute Gasteiger partial charge is 0.227 e. The van der Waals surface area contributed by atoms with Gasteiger partial charge in [-0.1, -0.05) is 12.7 Å². The van der Waals surface area contributed by atoms with Gasteiger partial charge in [0.05, 0.1) is 7.11 Å². The summed E-state index contributed by atoms with van der Waals surface area (Å²) in [5.74, 6) is 0.309. The molecule has 3 aromatic rings. The molecule has 0 saturated heterocycles. The first kappa shape index (κ1) is 15.4. The molecule has 0 aliphatic carbocycles. The van der Waals surface area contributed by atoms with Crippen LogP contribution < -0.4 is 8.92 Å². The molecule has 3 rings (SSSR count). The van der Waals surface area contributed by atoms with Crippen LogP contribution in [0.3, 0.4) is 0 Å². The fourth-order valence-corrected chi connectivity index (χ4v) is 2.38. The molecular weight excluding hydrogens is 321 g/mol. The second kappa shape index (κ2) is 6.31. The number of methoxy groups -OCH3 is 1. The average molecular weight is 333 g/mol. The number of rotatable bonds is 5. The van der Waals surface area contributed by atoms with Crippen LogP contribution in [0.1, 0.15) is 5.56 Å². The number of oxazole rings is 1. The fourth-order valence-electron chi connectivity index (χ4n) is 2.20. The Balaban J connectivity index is 2.12. The molecule has 0 aliphatic rings. The monoisotopic (exact) mass is 333 g/mol. The summed E-state index contributed by atoms with van der Waals surface area (Å²) in [5.41, 5.74) is 2.15. The third kappa shape index (κ3) is 2.88. The minimum atomic E-state index is -0.503. The van der Waals surface area contributed by atoms with Gasteiger partial charge in [0.25, 0.3) is 0 Å². The van der Waals surface area contributed by atoms with Crippen LogP contribution in [0.4, 0.5) is 4.39 Å². The van der Waals surface area contributed by atoms with E-state index in [1.165, 1.54) is 19.2 Å². The second-order valence-corrected chi connectivity index (χ2v) is 4.91. The van der Waals surface area contributed by atoms with Crippen LogP contribution in [0, 0.1) is 5.82 Å². The van der Waals surface area contributed by atoms with Crippen LogP contribution in [0.25, 0.3) is 28.6 Å². The molecule has 0 saturated carbocycles. The molecule has 0 aliphatic heterocycles. The molecule has 2 aromatic carbocycles. The van der Waals surface area contributed by atoms with Gasteiger partial charge in [0, 0.05) is 17.2 Å². The van der Waals surface area contributed by atoms with E-state index >= 15 is 0 Å². The summed E-state index contributed by atoms with van der Waals surface area (Å²) in [6.07, 6.45) is 1.58. The Morgan fingerprint density at radius 2 is 2.17 bits per heavy atom. The Morgan fingerprint density at radius 3 is 2.83 bits per heavy atom. The zero-order chi connectivity index (χ0) is 16.4. The highest BCUT2D eigenvalue weighted by atomic mass is 32.2. The molecule has 5 nitrogen and oxygen atoms in total. The van der Waals surface area contributed by atoms with Gasteiger partial charge in [-0.15, -0.1) is 0 Å². The van der Waals surface area contributed by atoms with E-state index in [1.807, 2.05) is 0 Å². The zero-order valence-electron chi connectivity index (χ0n) is 12.1. The van der Waals surface area contributed by atoms with Crippen LogP contribution >= 0.6 is 12.3 Å². The highest BCUT2D eigenvalue weighted by Crippen LogP contribution is 2.32. The van der Waals surface area contributed by atoms with E-state index in [0.29, 0.717) is 28.0 Å². The van der Waals surface area contributed by atoms with Crippen molar-refractivity contribution in [2.24, 2.45) is 0 Å². The van der Waals surface area contributed by atoms with Crippen molar-refractivity contribution >= 4 is 29.5 Å². The van der Waals surface area contributed by atoms with Gasteiger partial charge in [0.2, 0.25) is 18.2 Å². The lowest BCUT2D eigenvalue weighted by atomic mass is 10.2. The highest BCUT2D eigenvalue weighted by Gasteiger charge is 2.14. The van der Waals surface area contributed by atoms with E-state index in [-0.39, 0.29) is 24.0 Å². The van der Waals surface area contributed by atoms with E-state index in [2.05, 4.69) is 11.6 Å². The van der Waals surface area contributed by atoms with Crippen molar-refractivity contribution in [1.29, 1.82) is 0 Å². The Labute approximate surface area is 135 Å². The zero-order valence-corrected chi connectivity index (χ0v) is 12.9. The van der Waals surface area contributed by atoms with Gasteiger partial charge in [0.15, 0.2) is 17.1 Å². The van der Waals surface area contributed by atoms with Crippen molar-refractivity contribution in [3.05, 3.63) is 48.3 Å². The van der Waals surface area contributed by atoms with Crippen LogP contribution in [0.15, 0.2) is 41.3 Å². The average Bonchev–Trinajstić information content (AvgIpc) is 2.98. The van der Waals surface area contributed by atoms with E-state index in [0.717, 1.165) is 0 Å². The number of halogens is 1. The quantitative estimate of drug-likeness (QED) is 0.678. The minimum Gasteiger partial charge on any atom is -0.494 e. The van der Waals surface area contributed by atoms with E-state index < -0.39 is 5.82 Å². The summed E-state index contributed by atoms with van der Waals surface area (Å²) in [5, 5.41) is 0. The summed E-state index contributed by atoms with van der Waals surface area (Å²) in [6.45, 7) is 3.71. The molecule has 0 spiro atoms. The lowest BCUT2D eigenvalue weighted by Gasteiger charge is -2.02. The predicted octanol–water partition coefficient (Wildman–Crippen LogP) is 4.79. The molecule has 0 unspecified atom stereocenters. The molecule has 0 bridgehead atoms. The summed E-state index contributed by atoms with van der Waals surface area (Å²) in [6, 6.07) is 7.71. The van der Waals surface area contributed by atoms with Gasteiger partial charge in [-0.2, -0.15) is 0 Å². The van der Waals surface area contributed by atoms with Crippen LogP contribution in [-0.4, -0.2) is 16.6 Å². The first-order valence-electron chi connectivity index (χ1n) is 6.55. The molecule has 7 heteroatoms. The Kier molecular flexibility index (Phi) is 4.22. The molecule has 0 atom stereocenters. The van der Waals surface area contributed by atoms with Gasteiger partial charge in [-0.25, -0.2) is 9.37 Å². The van der Waals surface area contributed by atoms with Crippen LogP contribution in [-0.2, 0) is 0 Å². The Bertz CT molecular complexity index is 878. The van der Waals surface area contributed by atoms with Gasteiger partial charge in [-0.3, -0.25) is 4.55 Å². The van der Waals surface area contributed by atoms with Crippen molar-refractivity contribution in [2.45, 2.75) is 0 Å². The Morgan fingerprint density at radius 1 is 1.35 bits per heavy atom. The molecule has 1 heterocycles. The SMILES string of the molecule is C=Cc1cc(OSO)cc2nc(-c3ccc(OC)c(F)c3)oc12. The number of benzene rings is 2. The number of aromatic nitrogens is 1. The normalized spacial score (nSPS) is 10.7. The lowest BCUT2D eigenvalue weighted by Crippen LogP contribution is -1.88. The van der Waals surface area contributed by atoms with Crippen LogP contribution in [0.5, 0.6) is 11.5 Å². The van der Waals surface area contributed by atoms with Crippen molar-refractivity contribution < 1.29 is 22.3 Å². The molecule has 118 valence electrons. The van der Waals surface area contributed by atoms with Crippen molar-refractivity contribution in [3.8, 4) is 23.0 Å². The number of fused-ring (bicyclic) bond motifs is 1. The van der Waals surface area contributed by atoms with E-state index in [9.17, 15) is 4.39 Å². The highest BCUT2D eigenvalue weighted by molar-refractivity contribution is 7.89. The Hall–Kier alpha value is -2.51. The van der Waals surface area contributed by atoms with Gasteiger partial charge in [0.1, 0.15) is 11.3 Å². The number of ether oxygens (including phenoxy) is 1. The number of hydrogen-bond acceptors (Lipinski definition) is 6. The molecule has 0 amide bonds. The summed E-state index contributed by atoms with van der Waals surface area (Å²) in [7, 11) is 1.40. The summed E-state index contributed by atoms with van der Waals surface area (Å²) in [4.78, 5) is 4.34. The second-order valence-electron chi connectivity index (χ2n) is 4.59. The topological polar surface area (TPSA) is 64.7 Å². The maximum atomic E-state index is 13.8. The van der Waals surface area contributed by atoms with Gasteiger partial charge in [-0.05, 0) is 24.3 Å². The maximum Gasteiger partial charge on any atom is 0.227 e. The first-order chi connectivity index (χ1) is 11.2. The molecule has 0 fully saturated rings. The van der Waals surface area contributed by atoms with Crippen molar-refractivity contribution in [1.82, 2.24) is 4.98 Å². The maximum absolute atomic E-state index is 13.8. The van der Waals surface area contributed by atoms with E-state index in [4.69, 9.17) is 17.9 Å². The lowest BCUT2D eigenvalue weighted by molar-refractivity contribution is 0.386. The van der Waals surface area contributed by atoms with Crippen molar-refractivity contribution in [3.63, 3.8) is 0 Å². The molecule has 0 radical (unpaired) electrons. The largest absolute Gasteiger partial charge is 0.494 e. The minimum absolute atomic E-state index is 0.146. The summed E-state index contributed by atoms with van der Waals surface area (Å²) < 4.78 is 38.2. The third-order valence-corrected chi connectivity index (χ3v) is 3.51. The van der Waals surface area contributed by atoms with Gasteiger partial charge < -0.3 is 13.3 Å². The third-order valence-electron chi connectivity index (χ3n) is 3.24. The standard InChI is InChI=1S/C16H12FNO4S/c1-3-9-6-11(22-23-19)8-13-15(9)21-16(18-13)10-4-5-14(20-2)12(17)7-10/h3-8,19H,1H2,2H3. The van der Waals surface area contributed by atoms with Crippen molar-refractivity contribution in [2.75, 3.05) is 7.11 Å². The molecular formula is C16H12FNO4S. The number of nitrogens with zero attached hydrogens (tertiary/aromatic N) is 1. The first-order valence-corrected chi connectivity index (χ1v) is 7.25. The molecule has 1 N–H and O–H groups in total. The van der Waals surface area contributed by atoms with Crippen LogP contribution in [0.2, 0.25) is 0 Å². The summed E-state index contributed by atoms with van der Waals surface area (Å²) >= 11 is 0.236. The fraction of sp³-hybridized carbons (Fsp3) is 0.0625. The molecule has 1 aromatic heterocycles.